The largest absolute Gasteiger partial charge is 0.319 e. The molecular weight excluding hydrogens is 150 g/mol. The quantitative estimate of drug-likeness (QED) is 0.537. The van der Waals surface area contributed by atoms with Crippen LogP contribution in [0.5, 0.6) is 0 Å². The van der Waals surface area contributed by atoms with Gasteiger partial charge in [0, 0.05) is 25.1 Å². The highest BCUT2D eigenvalue weighted by atomic mass is 16.2. The zero-order valence-corrected chi connectivity index (χ0v) is 7.76. The zero-order chi connectivity index (χ0) is 8.72. The first-order valence-electron chi connectivity index (χ1n) is 4.66. The lowest BCUT2D eigenvalue weighted by Crippen LogP contribution is -2.20. The molecule has 0 aromatic rings. The number of hydrogen-bond acceptors (Lipinski definition) is 1. The molecule has 0 radical (unpaired) electrons. The summed E-state index contributed by atoms with van der Waals surface area (Å²) in [6, 6.07) is 0. The fourth-order valence-corrected chi connectivity index (χ4v) is 2.47. The maximum Gasteiger partial charge on any atom is 0.227 e. The molecule has 1 heterocycles. The van der Waals surface area contributed by atoms with E-state index in [4.69, 9.17) is 0 Å². The second kappa shape index (κ2) is 2.61. The second-order valence-corrected chi connectivity index (χ2v) is 3.91. The SMILES string of the molecule is CC1=C2C(CCC1)CC(=O)N2C. The lowest BCUT2D eigenvalue weighted by molar-refractivity contribution is -0.125. The summed E-state index contributed by atoms with van der Waals surface area (Å²) >= 11 is 0. The number of hydrogen-bond donors (Lipinski definition) is 0. The van der Waals surface area contributed by atoms with Gasteiger partial charge in [-0.25, -0.2) is 0 Å². The summed E-state index contributed by atoms with van der Waals surface area (Å²) in [6.07, 6.45) is 4.41. The number of likely N-dealkylation sites (tertiary alicyclic amines) is 1. The van der Waals surface area contributed by atoms with Crippen LogP contribution in [0, 0.1) is 5.92 Å². The van der Waals surface area contributed by atoms with Crippen molar-refractivity contribution in [2.45, 2.75) is 32.6 Å². The number of carbonyl (C=O) groups is 1. The van der Waals surface area contributed by atoms with Crippen LogP contribution in [0.1, 0.15) is 32.6 Å². The minimum absolute atomic E-state index is 0.302. The predicted molar refractivity (Wildman–Crippen MR) is 47.4 cm³/mol. The first-order valence-corrected chi connectivity index (χ1v) is 4.66. The Balaban J connectivity index is 2.37. The van der Waals surface area contributed by atoms with Crippen LogP contribution in [-0.4, -0.2) is 17.9 Å². The van der Waals surface area contributed by atoms with Crippen LogP contribution in [0.4, 0.5) is 0 Å². The molecule has 1 aliphatic carbocycles. The van der Waals surface area contributed by atoms with Crippen LogP contribution in [0.2, 0.25) is 0 Å². The van der Waals surface area contributed by atoms with E-state index in [9.17, 15) is 4.79 Å². The zero-order valence-electron chi connectivity index (χ0n) is 7.76. The molecule has 2 heteroatoms. The molecule has 0 aromatic heterocycles. The third-order valence-corrected chi connectivity index (χ3v) is 3.08. The molecule has 0 N–H and O–H groups in total. The van der Waals surface area contributed by atoms with Gasteiger partial charge in [0.15, 0.2) is 0 Å². The average molecular weight is 165 g/mol. The summed E-state index contributed by atoms with van der Waals surface area (Å²) in [7, 11) is 1.91. The van der Waals surface area contributed by atoms with Crippen LogP contribution in [0.25, 0.3) is 0 Å². The normalized spacial score (nSPS) is 29.7. The smallest absolute Gasteiger partial charge is 0.227 e. The Labute approximate surface area is 73.2 Å². The van der Waals surface area contributed by atoms with Gasteiger partial charge in [-0.05, 0) is 26.2 Å². The molecule has 12 heavy (non-hydrogen) atoms. The number of amides is 1. The van der Waals surface area contributed by atoms with Gasteiger partial charge in [-0.15, -0.1) is 0 Å². The van der Waals surface area contributed by atoms with E-state index in [0.717, 1.165) is 6.42 Å². The average Bonchev–Trinajstić information content (AvgIpc) is 2.29. The number of allylic oxidation sites excluding steroid dienone is 2. The Bertz CT molecular complexity index is 255. The predicted octanol–water partition coefficient (Wildman–Crippen LogP) is 1.92. The first-order chi connectivity index (χ1) is 5.70. The lowest BCUT2D eigenvalue weighted by atomic mass is 9.88. The van der Waals surface area contributed by atoms with Crippen LogP contribution in [0.15, 0.2) is 11.3 Å². The van der Waals surface area contributed by atoms with E-state index in [0.29, 0.717) is 11.8 Å². The van der Waals surface area contributed by atoms with Crippen LogP contribution in [0.3, 0.4) is 0 Å². The monoisotopic (exact) mass is 165 g/mol. The van der Waals surface area contributed by atoms with Crippen LogP contribution >= 0.6 is 0 Å². The highest BCUT2D eigenvalue weighted by Gasteiger charge is 2.34. The molecule has 0 aromatic carbocycles. The van der Waals surface area contributed by atoms with Crippen molar-refractivity contribution < 1.29 is 4.79 Å². The van der Waals surface area contributed by atoms with E-state index in [1.54, 1.807) is 0 Å². The maximum atomic E-state index is 11.4. The van der Waals surface area contributed by atoms with Gasteiger partial charge >= 0.3 is 0 Å². The second-order valence-electron chi connectivity index (χ2n) is 3.91. The third-order valence-electron chi connectivity index (χ3n) is 3.08. The molecule has 1 saturated heterocycles. The minimum Gasteiger partial charge on any atom is -0.319 e. The summed E-state index contributed by atoms with van der Waals surface area (Å²) < 4.78 is 0. The molecule has 1 unspecified atom stereocenters. The summed E-state index contributed by atoms with van der Waals surface area (Å²) in [4.78, 5) is 13.2. The molecule has 0 spiro atoms. The summed E-state index contributed by atoms with van der Waals surface area (Å²) in [5.41, 5.74) is 2.76. The lowest BCUT2D eigenvalue weighted by Gasteiger charge is -2.23. The Kier molecular flexibility index (Phi) is 1.71. The summed E-state index contributed by atoms with van der Waals surface area (Å²) in [6.45, 7) is 2.16. The van der Waals surface area contributed by atoms with E-state index < -0.39 is 0 Å². The van der Waals surface area contributed by atoms with Crippen molar-refractivity contribution in [3.8, 4) is 0 Å². The number of carbonyl (C=O) groups excluding carboxylic acids is 1. The van der Waals surface area contributed by atoms with Crippen molar-refractivity contribution >= 4 is 5.91 Å². The van der Waals surface area contributed by atoms with Gasteiger partial charge in [0.2, 0.25) is 5.91 Å². The molecule has 0 saturated carbocycles. The first kappa shape index (κ1) is 7.84. The van der Waals surface area contributed by atoms with E-state index in [-0.39, 0.29) is 0 Å². The fourth-order valence-electron chi connectivity index (χ4n) is 2.47. The van der Waals surface area contributed by atoms with Gasteiger partial charge in [0.1, 0.15) is 0 Å². The molecular formula is C10H15NO. The van der Waals surface area contributed by atoms with E-state index in [2.05, 4.69) is 6.92 Å². The number of fused-ring (bicyclic) bond motifs is 1. The molecule has 1 amide bonds. The van der Waals surface area contributed by atoms with Crippen molar-refractivity contribution in [3.05, 3.63) is 11.3 Å². The summed E-state index contributed by atoms with van der Waals surface area (Å²) in [5, 5.41) is 0. The maximum absolute atomic E-state index is 11.4. The van der Waals surface area contributed by atoms with Crippen molar-refractivity contribution in [1.82, 2.24) is 4.90 Å². The Morgan fingerprint density at radius 2 is 2.25 bits per heavy atom. The molecule has 66 valence electrons. The molecule has 1 fully saturated rings. The van der Waals surface area contributed by atoms with Gasteiger partial charge < -0.3 is 4.90 Å². The molecule has 1 aliphatic heterocycles. The number of rotatable bonds is 0. The molecule has 2 aliphatic rings. The van der Waals surface area contributed by atoms with Gasteiger partial charge in [-0.2, -0.15) is 0 Å². The Morgan fingerprint density at radius 3 is 2.92 bits per heavy atom. The Morgan fingerprint density at radius 1 is 1.50 bits per heavy atom. The van der Waals surface area contributed by atoms with E-state index in [1.165, 1.54) is 30.5 Å². The summed E-state index contributed by atoms with van der Waals surface area (Å²) in [5.74, 6) is 0.854. The molecule has 2 nitrogen and oxygen atoms in total. The molecule has 2 rings (SSSR count). The minimum atomic E-state index is 0.302. The van der Waals surface area contributed by atoms with E-state index in [1.807, 2.05) is 11.9 Å². The van der Waals surface area contributed by atoms with Crippen LogP contribution < -0.4 is 0 Å². The number of nitrogens with zero attached hydrogens (tertiary/aromatic N) is 1. The highest BCUT2D eigenvalue weighted by molar-refractivity contribution is 5.82. The van der Waals surface area contributed by atoms with Crippen molar-refractivity contribution in [1.29, 1.82) is 0 Å². The van der Waals surface area contributed by atoms with E-state index >= 15 is 0 Å². The topological polar surface area (TPSA) is 20.3 Å². The fraction of sp³-hybridized carbons (Fsp3) is 0.700. The van der Waals surface area contributed by atoms with Gasteiger partial charge in [-0.3, -0.25) is 4.79 Å². The highest BCUT2D eigenvalue weighted by Crippen LogP contribution is 2.38. The van der Waals surface area contributed by atoms with Gasteiger partial charge in [0.25, 0.3) is 0 Å². The molecule has 1 atom stereocenters. The van der Waals surface area contributed by atoms with Crippen molar-refractivity contribution in [2.24, 2.45) is 5.92 Å². The van der Waals surface area contributed by atoms with Crippen molar-refractivity contribution in [2.75, 3.05) is 7.05 Å². The van der Waals surface area contributed by atoms with Gasteiger partial charge in [-0.1, -0.05) is 5.57 Å². The van der Waals surface area contributed by atoms with Crippen molar-refractivity contribution in [3.63, 3.8) is 0 Å². The standard InChI is InChI=1S/C10H15NO/c1-7-4-3-5-8-6-9(12)11(2)10(7)8/h8H,3-6H2,1-2H3. The van der Waals surface area contributed by atoms with Gasteiger partial charge in [0.05, 0.1) is 0 Å². The Hall–Kier alpha value is -0.790. The third kappa shape index (κ3) is 0.977. The van der Waals surface area contributed by atoms with Crippen LogP contribution in [-0.2, 0) is 4.79 Å². The molecule has 0 bridgehead atoms.